The molecular formula is C20H28N2O5S. The Morgan fingerprint density at radius 1 is 1.21 bits per heavy atom. The molecule has 0 bridgehead atoms. The molecule has 28 heavy (non-hydrogen) atoms. The molecule has 1 atom stereocenters. The van der Waals surface area contributed by atoms with E-state index in [1.807, 2.05) is 12.2 Å². The average molecular weight is 409 g/mol. The van der Waals surface area contributed by atoms with E-state index in [0.717, 1.165) is 12.8 Å². The van der Waals surface area contributed by atoms with Crippen LogP contribution >= 0.6 is 0 Å². The fourth-order valence-corrected chi connectivity index (χ4v) is 4.83. The molecule has 0 aromatic heterocycles. The minimum atomic E-state index is -3.64. The lowest BCUT2D eigenvalue weighted by Crippen LogP contribution is -2.31. The van der Waals surface area contributed by atoms with Gasteiger partial charge in [0.05, 0.1) is 10.8 Å². The molecule has 0 radical (unpaired) electrons. The number of aryl methyl sites for hydroxylation is 1. The molecule has 1 aromatic rings. The van der Waals surface area contributed by atoms with E-state index >= 15 is 0 Å². The van der Waals surface area contributed by atoms with Crippen molar-refractivity contribution in [3.05, 3.63) is 35.9 Å². The summed E-state index contributed by atoms with van der Waals surface area (Å²) in [4.78, 5) is 24.3. The van der Waals surface area contributed by atoms with Crippen molar-refractivity contribution >= 4 is 27.6 Å². The Balaban J connectivity index is 2.03. The van der Waals surface area contributed by atoms with Crippen LogP contribution < -0.4 is 5.32 Å². The van der Waals surface area contributed by atoms with E-state index in [4.69, 9.17) is 4.74 Å². The predicted octanol–water partition coefficient (Wildman–Crippen LogP) is 2.86. The number of rotatable bonds is 8. The number of esters is 1. The molecule has 0 heterocycles. The lowest BCUT2D eigenvalue weighted by molar-refractivity contribution is -0.151. The Kier molecular flexibility index (Phi) is 7.77. The summed E-state index contributed by atoms with van der Waals surface area (Å²) in [5, 5.41) is 2.60. The highest BCUT2D eigenvalue weighted by molar-refractivity contribution is 7.89. The third-order valence-corrected chi connectivity index (χ3v) is 6.93. The number of carbonyl (C=O) groups is 2. The Labute approximate surface area is 166 Å². The molecule has 1 aliphatic carbocycles. The summed E-state index contributed by atoms with van der Waals surface area (Å²) in [6, 6.07) is 4.71. The first kappa shape index (κ1) is 22.1. The summed E-state index contributed by atoms with van der Waals surface area (Å²) in [7, 11) is -3.64. The molecule has 7 nitrogen and oxygen atoms in total. The van der Waals surface area contributed by atoms with Gasteiger partial charge in [0, 0.05) is 18.8 Å². The summed E-state index contributed by atoms with van der Waals surface area (Å²) in [6.45, 7) is 5.59. The van der Waals surface area contributed by atoms with Gasteiger partial charge in [0.2, 0.25) is 10.0 Å². The average Bonchev–Trinajstić information content (AvgIpc) is 2.69. The zero-order valence-corrected chi connectivity index (χ0v) is 17.4. The van der Waals surface area contributed by atoms with E-state index in [1.165, 1.54) is 10.4 Å². The zero-order valence-electron chi connectivity index (χ0n) is 16.6. The number of benzene rings is 1. The van der Waals surface area contributed by atoms with Crippen molar-refractivity contribution in [3.8, 4) is 0 Å². The number of nitrogens with zero attached hydrogens (tertiary/aromatic N) is 1. The second-order valence-electron chi connectivity index (χ2n) is 6.71. The minimum Gasteiger partial charge on any atom is -0.455 e. The van der Waals surface area contributed by atoms with Crippen LogP contribution in [-0.4, -0.2) is 44.3 Å². The third-order valence-electron chi connectivity index (χ3n) is 4.74. The largest absolute Gasteiger partial charge is 0.455 e. The van der Waals surface area contributed by atoms with Crippen LogP contribution in [0, 0.1) is 12.8 Å². The Morgan fingerprint density at radius 3 is 2.54 bits per heavy atom. The van der Waals surface area contributed by atoms with Gasteiger partial charge in [0.15, 0.2) is 6.61 Å². The number of carbonyl (C=O) groups excluding carboxylic acids is 2. The molecule has 1 unspecified atom stereocenters. The Hall–Kier alpha value is -2.19. The van der Waals surface area contributed by atoms with Crippen molar-refractivity contribution in [1.82, 2.24) is 4.31 Å². The fourth-order valence-electron chi connectivity index (χ4n) is 3.12. The molecular weight excluding hydrogens is 380 g/mol. The van der Waals surface area contributed by atoms with Gasteiger partial charge in [0.25, 0.3) is 5.91 Å². The second kappa shape index (κ2) is 9.84. The van der Waals surface area contributed by atoms with Gasteiger partial charge in [-0.25, -0.2) is 8.42 Å². The van der Waals surface area contributed by atoms with Gasteiger partial charge >= 0.3 is 5.97 Å². The highest BCUT2D eigenvalue weighted by Gasteiger charge is 2.24. The molecule has 1 aromatic carbocycles. The molecule has 2 rings (SSSR count). The van der Waals surface area contributed by atoms with Crippen LogP contribution in [0.4, 0.5) is 5.69 Å². The molecule has 0 spiro atoms. The number of sulfonamides is 1. The van der Waals surface area contributed by atoms with Crippen molar-refractivity contribution in [2.75, 3.05) is 25.0 Å². The summed E-state index contributed by atoms with van der Waals surface area (Å²) >= 11 is 0. The van der Waals surface area contributed by atoms with Crippen molar-refractivity contribution in [3.63, 3.8) is 0 Å². The van der Waals surface area contributed by atoms with Crippen LogP contribution in [0.5, 0.6) is 0 Å². The van der Waals surface area contributed by atoms with Crippen molar-refractivity contribution < 1.29 is 22.7 Å². The maximum absolute atomic E-state index is 12.8. The standard InChI is InChI=1S/C20H28N2O5S/c1-4-22(5-2)28(25,26)18-13-17(12-11-15(18)3)21-19(23)14-27-20(24)16-9-7-6-8-10-16/h6-7,11-13,16H,4-5,8-10,14H2,1-3H3,(H,21,23). The highest BCUT2D eigenvalue weighted by atomic mass is 32.2. The molecule has 0 saturated carbocycles. The first-order valence-corrected chi connectivity index (χ1v) is 11.0. The third kappa shape index (κ3) is 5.42. The summed E-state index contributed by atoms with van der Waals surface area (Å²) in [5.41, 5.74) is 0.944. The lowest BCUT2D eigenvalue weighted by Gasteiger charge is -2.20. The number of anilines is 1. The van der Waals surface area contributed by atoms with E-state index in [1.54, 1.807) is 32.9 Å². The predicted molar refractivity (Wildman–Crippen MR) is 107 cm³/mol. The van der Waals surface area contributed by atoms with Crippen LogP contribution in [0.2, 0.25) is 0 Å². The van der Waals surface area contributed by atoms with E-state index < -0.39 is 22.5 Å². The van der Waals surface area contributed by atoms with Gasteiger partial charge < -0.3 is 10.1 Å². The molecule has 0 fully saturated rings. The van der Waals surface area contributed by atoms with Gasteiger partial charge in [-0.1, -0.05) is 32.1 Å². The van der Waals surface area contributed by atoms with Gasteiger partial charge in [-0.15, -0.1) is 0 Å². The maximum atomic E-state index is 12.8. The Morgan fingerprint density at radius 2 is 1.93 bits per heavy atom. The number of nitrogens with one attached hydrogen (secondary N) is 1. The highest BCUT2D eigenvalue weighted by Crippen LogP contribution is 2.24. The molecule has 1 aliphatic rings. The van der Waals surface area contributed by atoms with Crippen LogP contribution in [0.1, 0.15) is 38.7 Å². The summed E-state index contributed by atoms with van der Waals surface area (Å²) in [5.74, 6) is -1.09. The smallest absolute Gasteiger partial charge is 0.309 e. The van der Waals surface area contributed by atoms with E-state index in [0.29, 0.717) is 30.8 Å². The normalized spacial score (nSPS) is 16.8. The number of hydrogen-bond donors (Lipinski definition) is 1. The van der Waals surface area contributed by atoms with Gasteiger partial charge in [-0.05, 0) is 43.9 Å². The Bertz CT molecular complexity index is 844. The summed E-state index contributed by atoms with van der Waals surface area (Å²) in [6.07, 6.45) is 6.16. The van der Waals surface area contributed by atoms with Crippen LogP contribution in [0.3, 0.4) is 0 Å². The number of hydrogen-bond acceptors (Lipinski definition) is 5. The van der Waals surface area contributed by atoms with Crippen molar-refractivity contribution in [1.29, 1.82) is 0 Å². The van der Waals surface area contributed by atoms with Crippen molar-refractivity contribution in [2.24, 2.45) is 5.92 Å². The van der Waals surface area contributed by atoms with Crippen LogP contribution in [0.25, 0.3) is 0 Å². The van der Waals surface area contributed by atoms with Crippen LogP contribution in [-0.2, 0) is 24.3 Å². The maximum Gasteiger partial charge on any atom is 0.309 e. The molecule has 0 aliphatic heterocycles. The van der Waals surface area contributed by atoms with Crippen molar-refractivity contribution in [2.45, 2.75) is 44.9 Å². The molecule has 8 heteroatoms. The fraction of sp³-hybridized carbons (Fsp3) is 0.500. The van der Waals surface area contributed by atoms with E-state index in [2.05, 4.69) is 5.32 Å². The van der Waals surface area contributed by atoms with Crippen LogP contribution in [0.15, 0.2) is 35.2 Å². The minimum absolute atomic E-state index is 0.153. The lowest BCUT2D eigenvalue weighted by atomic mass is 9.95. The first-order chi connectivity index (χ1) is 13.3. The van der Waals surface area contributed by atoms with Gasteiger partial charge in [-0.3, -0.25) is 9.59 Å². The monoisotopic (exact) mass is 408 g/mol. The van der Waals surface area contributed by atoms with E-state index in [-0.39, 0.29) is 16.8 Å². The number of allylic oxidation sites excluding steroid dienone is 2. The topological polar surface area (TPSA) is 92.8 Å². The zero-order chi connectivity index (χ0) is 20.7. The second-order valence-corrected chi connectivity index (χ2v) is 8.61. The molecule has 154 valence electrons. The van der Waals surface area contributed by atoms with E-state index in [9.17, 15) is 18.0 Å². The molecule has 0 saturated heterocycles. The SMILES string of the molecule is CCN(CC)S(=O)(=O)c1cc(NC(=O)COC(=O)C2CC=CCC2)ccc1C. The van der Waals surface area contributed by atoms with Gasteiger partial charge in [0.1, 0.15) is 0 Å². The number of amides is 1. The number of ether oxygens (including phenoxy) is 1. The molecule has 1 N–H and O–H groups in total. The quantitative estimate of drug-likeness (QED) is 0.527. The van der Waals surface area contributed by atoms with Gasteiger partial charge in [-0.2, -0.15) is 4.31 Å². The summed E-state index contributed by atoms with van der Waals surface area (Å²) < 4.78 is 32.0. The molecule has 1 amide bonds. The first-order valence-electron chi connectivity index (χ1n) is 9.51.